The van der Waals surface area contributed by atoms with Crippen LogP contribution in [0.25, 0.3) is 34.1 Å². The normalized spacial score (nSPS) is 21.4. The standard InChI is InChI=1S/C35H33.C4H9.C2H4.Zr/c1-4-24(21-32-23(3)20-33-28-15-10-9-14-27(28)18-19-30(32)33)35-25(5-2)22-34-29(16-11-17-31(34)35)26-12-7-6-8-13-26;1-3-4-2;1-2;/h6-22,24,32,35H,4-5H2,1-3H3;1,3-4H2,2H3;1-2H2;. The zero-order valence-electron chi connectivity index (χ0n) is 26.0. The van der Waals surface area contributed by atoms with Gasteiger partial charge in [-0.25, -0.2) is 0 Å². The molecule has 1 saturated heterocycles. The Morgan fingerprint density at radius 3 is 2.24 bits per heavy atom. The zero-order chi connectivity index (χ0) is 28.8. The Kier molecular flexibility index (Phi) is 7.77. The Morgan fingerprint density at radius 2 is 1.50 bits per heavy atom. The predicted octanol–water partition coefficient (Wildman–Crippen LogP) is 12.6. The van der Waals surface area contributed by atoms with Gasteiger partial charge in [0.25, 0.3) is 0 Å². The minimum absolute atomic E-state index is 0.553. The van der Waals surface area contributed by atoms with Gasteiger partial charge in [0.2, 0.25) is 0 Å². The van der Waals surface area contributed by atoms with Crippen LogP contribution in [-0.2, 0) is 20.3 Å². The summed E-state index contributed by atoms with van der Waals surface area (Å²) >= 11 is -2.36. The molecular weight excluding hydrogens is 584 g/mol. The number of fused-ring (bicyclic) bond motifs is 4. The molecule has 0 bridgehead atoms. The predicted molar refractivity (Wildman–Crippen MR) is 180 cm³/mol. The summed E-state index contributed by atoms with van der Waals surface area (Å²) in [5, 5.41) is 2.83. The van der Waals surface area contributed by atoms with Crippen molar-refractivity contribution in [2.24, 2.45) is 5.92 Å². The summed E-state index contributed by atoms with van der Waals surface area (Å²) in [7, 11) is 0. The molecular formula is C41H46Zr. The summed E-state index contributed by atoms with van der Waals surface area (Å²) in [5.41, 5.74) is 12.4. The van der Waals surface area contributed by atoms with E-state index in [4.69, 9.17) is 0 Å². The Balaban J connectivity index is 1.38. The van der Waals surface area contributed by atoms with Crippen molar-refractivity contribution in [3.05, 3.63) is 118 Å². The van der Waals surface area contributed by atoms with Crippen LogP contribution in [0.1, 0.15) is 87.5 Å². The van der Waals surface area contributed by atoms with Gasteiger partial charge in [0, 0.05) is 0 Å². The molecule has 0 saturated carbocycles. The third-order valence-corrected chi connectivity index (χ3v) is 24.3. The zero-order valence-corrected chi connectivity index (χ0v) is 28.5. The Labute approximate surface area is 258 Å². The average molecular weight is 630 g/mol. The van der Waals surface area contributed by atoms with Crippen LogP contribution in [0.4, 0.5) is 0 Å². The summed E-state index contributed by atoms with van der Waals surface area (Å²) in [6.07, 6.45) is 10.4. The molecule has 1 heterocycles. The number of rotatable bonds is 10. The van der Waals surface area contributed by atoms with Crippen LogP contribution < -0.4 is 0 Å². The van der Waals surface area contributed by atoms with Gasteiger partial charge in [-0.2, -0.15) is 0 Å². The molecule has 2 aliphatic carbocycles. The third-order valence-electron chi connectivity index (χ3n) is 11.2. The fourth-order valence-electron chi connectivity index (χ4n) is 9.16. The molecule has 3 aliphatic rings. The van der Waals surface area contributed by atoms with Crippen LogP contribution in [-0.4, -0.2) is 0 Å². The van der Waals surface area contributed by atoms with Crippen molar-refractivity contribution < 1.29 is 20.3 Å². The quantitative estimate of drug-likeness (QED) is 0.164. The van der Waals surface area contributed by atoms with Gasteiger partial charge in [-0.05, 0) is 0 Å². The first-order valence-corrected chi connectivity index (χ1v) is 23.3. The minimum atomic E-state index is -2.36. The van der Waals surface area contributed by atoms with E-state index in [1.165, 1.54) is 52.3 Å². The maximum atomic E-state index is 2.61. The average Bonchev–Trinajstić information content (AvgIpc) is 3.61. The SMILES string of the molecule is CCC[CH2][Zr]1([CH](C2C(C)=Cc3c2ccc2ccccc32)C(CC)C2C(CC)=Cc3c(-c4ccccc4)cccc32)[CH2][CH2]1. The molecule has 214 valence electrons. The van der Waals surface area contributed by atoms with Crippen molar-refractivity contribution in [1.82, 2.24) is 0 Å². The van der Waals surface area contributed by atoms with Crippen molar-refractivity contribution in [1.29, 1.82) is 0 Å². The molecule has 7 rings (SSSR count). The summed E-state index contributed by atoms with van der Waals surface area (Å²) in [5.74, 6) is 1.87. The van der Waals surface area contributed by atoms with E-state index < -0.39 is 20.3 Å². The molecule has 0 spiro atoms. The van der Waals surface area contributed by atoms with E-state index in [0.717, 1.165) is 10.0 Å². The fourth-order valence-corrected chi connectivity index (χ4v) is 27.0. The molecule has 0 aromatic heterocycles. The van der Waals surface area contributed by atoms with Crippen molar-refractivity contribution >= 4 is 22.9 Å². The molecule has 1 heteroatoms. The number of unbranched alkanes of at least 4 members (excludes halogenated alkanes) is 1. The van der Waals surface area contributed by atoms with Gasteiger partial charge in [-0.1, -0.05) is 0 Å². The molecule has 1 aliphatic heterocycles. The summed E-state index contributed by atoms with van der Waals surface area (Å²) < 4.78 is 5.67. The van der Waals surface area contributed by atoms with Gasteiger partial charge in [0.05, 0.1) is 0 Å². The molecule has 4 atom stereocenters. The molecule has 4 aromatic carbocycles. The fraction of sp³-hybridized carbons (Fsp3) is 0.366. The van der Waals surface area contributed by atoms with Gasteiger partial charge in [0.1, 0.15) is 0 Å². The Morgan fingerprint density at radius 1 is 0.738 bits per heavy atom. The first-order valence-electron chi connectivity index (χ1n) is 16.7. The number of allylic oxidation sites excluding steroid dienone is 2. The molecule has 0 nitrogen and oxygen atoms in total. The number of hydrogen-bond acceptors (Lipinski definition) is 0. The van der Waals surface area contributed by atoms with Crippen LogP contribution in [0.15, 0.2) is 96.1 Å². The monoisotopic (exact) mass is 628 g/mol. The Hall–Kier alpha value is -2.50. The van der Waals surface area contributed by atoms with E-state index in [-0.39, 0.29) is 0 Å². The van der Waals surface area contributed by atoms with Crippen LogP contribution in [0.2, 0.25) is 16.0 Å². The number of hydrogen-bond donors (Lipinski definition) is 0. The first-order chi connectivity index (χ1) is 20.6. The molecule has 0 radical (unpaired) electrons. The molecule has 1 fully saturated rings. The van der Waals surface area contributed by atoms with Crippen LogP contribution in [0.5, 0.6) is 0 Å². The molecule has 0 amide bonds. The summed E-state index contributed by atoms with van der Waals surface area (Å²) in [6, 6.07) is 32.3. The van der Waals surface area contributed by atoms with Gasteiger partial charge >= 0.3 is 260 Å². The maximum absolute atomic E-state index is 2.61. The van der Waals surface area contributed by atoms with Crippen molar-refractivity contribution in [3.63, 3.8) is 0 Å². The van der Waals surface area contributed by atoms with Crippen LogP contribution in [0.3, 0.4) is 0 Å². The number of benzene rings is 4. The van der Waals surface area contributed by atoms with Crippen molar-refractivity contribution in [2.75, 3.05) is 0 Å². The summed E-state index contributed by atoms with van der Waals surface area (Å²) in [4.78, 5) is 0. The van der Waals surface area contributed by atoms with E-state index in [2.05, 4.69) is 125 Å². The Bertz CT molecular complexity index is 1670. The first kappa shape index (κ1) is 28.3. The van der Waals surface area contributed by atoms with Gasteiger partial charge in [-0.15, -0.1) is 0 Å². The molecule has 0 N–H and O–H groups in total. The molecule has 4 aromatic rings. The second-order valence-electron chi connectivity index (χ2n) is 13.4. The van der Waals surface area contributed by atoms with Gasteiger partial charge in [-0.3, -0.25) is 0 Å². The van der Waals surface area contributed by atoms with E-state index in [9.17, 15) is 0 Å². The summed E-state index contributed by atoms with van der Waals surface area (Å²) in [6.45, 7) is 9.82. The third kappa shape index (κ3) is 4.66. The van der Waals surface area contributed by atoms with Gasteiger partial charge < -0.3 is 0 Å². The van der Waals surface area contributed by atoms with Crippen LogP contribution >= 0.6 is 0 Å². The van der Waals surface area contributed by atoms with Crippen molar-refractivity contribution in [2.45, 2.75) is 81.2 Å². The van der Waals surface area contributed by atoms with E-state index in [1.54, 1.807) is 34.7 Å². The van der Waals surface area contributed by atoms with Crippen molar-refractivity contribution in [3.8, 4) is 11.1 Å². The van der Waals surface area contributed by atoms with E-state index >= 15 is 0 Å². The second kappa shape index (κ2) is 11.5. The van der Waals surface area contributed by atoms with E-state index in [1.807, 2.05) is 0 Å². The second-order valence-corrected chi connectivity index (χ2v) is 25.5. The van der Waals surface area contributed by atoms with Gasteiger partial charge in [0.15, 0.2) is 0 Å². The van der Waals surface area contributed by atoms with E-state index in [0.29, 0.717) is 17.8 Å². The van der Waals surface area contributed by atoms with Crippen LogP contribution in [0, 0.1) is 5.92 Å². The molecule has 4 unspecified atom stereocenters. The topological polar surface area (TPSA) is 0 Å². The molecule has 42 heavy (non-hydrogen) atoms.